The summed E-state index contributed by atoms with van der Waals surface area (Å²) in [6, 6.07) is 7.88. The predicted molar refractivity (Wildman–Crippen MR) is 72.8 cm³/mol. The van der Waals surface area contributed by atoms with Crippen molar-refractivity contribution in [3.8, 4) is 5.75 Å². The van der Waals surface area contributed by atoms with Gasteiger partial charge in [-0.1, -0.05) is 17.7 Å². The fourth-order valence-corrected chi connectivity index (χ4v) is 1.51. The van der Waals surface area contributed by atoms with E-state index in [1.165, 1.54) is 5.56 Å². The Labute approximate surface area is 109 Å². The van der Waals surface area contributed by atoms with E-state index in [4.69, 9.17) is 4.74 Å². The van der Waals surface area contributed by atoms with Crippen molar-refractivity contribution in [3.05, 3.63) is 29.8 Å². The van der Waals surface area contributed by atoms with Crippen molar-refractivity contribution in [2.45, 2.75) is 19.8 Å². The molecule has 0 saturated carbocycles. The zero-order chi connectivity index (χ0) is 13.2. The minimum absolute atomic E-state index is 0.0813. The Morgan fingerprint density at radius 3 is 2.61 bits per heavy atom. The molecular formula is C14H22N2O2. The molecule has 0 radical (unpaired) electrons. The van der Waals surface area contributed by atoms with Gasteiger partial charge in [0.1, 0.15) is 12.4 Å². The highest BCUT2D eigenvalue weighted by Crippen LogP contribution is 2.10. The van der Waals surface area contributed by atoms with E-state index in [9.17, 15) is 4.79 Å². The lowest BCUT2D eigenvalue weighted by atomic mass is 10.2. The molecule has 0 bridgehead atoms. The first kappa shape index (κ1) is 14.5. The number of amides is 1. The summed E-state index contributed by atoms with van der Waals surface area (Å²) in [6.07, 6.45) is 1.42. The van der Waals surface area contributed by atoms with Crippen molar-refractivity contribution in [1.82, 2.24) is 10.6 Å². The maximum atomic E-state index is 11.4. The molecule has 0 aliphatic carbocycles. The maximum absolute atomic E-state index is 11.4. The average Bonchev–Trinajstić information content (AvgIpc) is 2.37. The first-order chi connectivity index (χ1) is 8.72. The molecule has 0 spiro atoms. The Morgan fingerprint density at radius 1 is 1.22 bits per heavy atom. The molecule has 0 unspecified atom stereocenters. The molecule has 1 aromatic rings. The third kappa shape index (κ3) is 6.25. The van der Waals surface area contributed by atoms with E-state index in [0.29, 0.717) is 19.6 Å². The van der Waals surface area contributed by atoms with Crippen LogP contribution in [0.1, 0.15) is 18.4 Å². The van der Waals surface area contributed by atoms with Crippen molar-refractivity contribution in [3.63, 3.8) is 0 Å². The molecule has 0 atom stereocenters. The quantitative estimate of drug-likeness (QED) is 0.687. The van der Waals surface area contributed by atoms with E-state index in [0.717, 1.165) is 18.7 Å². The smallest absolute Gasteiger partial charge is 0.220 e. The van der Waals surface area contributed by atoms with Gasteiger partial charge in [0, 0.05) is 6.42 Å². The maximum Gasteiger partial charge on any atom is 0.220 e. The van der Waals surface area contributed by atoms with Crippen LogP contribution in [-0.4, -0.2) is 32.7 Å². The van der Waals surface area contributed by atoms with Crippen LogP contribution < -0.4 is 15.4 Å². The summed E-state index contributed by atoms with van der Waals surface area (Å²) in [5, 5.41) is 5.84. The van der Waals surface area contributed by atoms with Gasteiger partial charge >= 0.3 is 0 Å². The topological polar surface area (TPSA) is 50.4 Å². The molecule has 0 fully saturated rings. The normalized spacial score (nSPS) is 10.1. The number of aryl methyl sites for hydroxylation is 1. The highest BCUT2D eigenvalue weighted by Gasteiger charge is 1.99. The van der Waals surface area contributed by atoms with E-state index in [2.05, 4.69) is 10.6 Å². The van der Waals surface area contributed by atoms with Gasteiger partial charge in [-0.3, -0.25) is 4.79 Å². The van der Waals surface area contributed by atoms with E-state index in [-0.39, 0.29) is 5.91 Å². The number of carbonyl (C=O) groups excluding carboxylic acids is 1. The molecule has 1 aromatic carbocycles. The highest BCUT2D eigenvalue weighted by atomic mass is 16.5. The van der Waals surface area contributed by atoms with Gasteiger partial charge in [0.15, 0.2) is 0 Å². The fourth-order valence-electron chi connectivity index (χ4n) is 1.51. The Hall–Kier alpha value is -1.55. The molecule has 0 heterocycles. The van der Waals surface area contributed by atoms with E-state index >= 15 is 0 Å². The van der Waals surface area contributed by atoms with Crippen molar-refractivity contribution in [1.29, 1.82) is 0 Å². The number of benzene rings is 1. The van der Waals surface area contributed by atoms with Crippen LogP contribution in [0.25, 0.3) is 0 Å². The lowest BCUT2D eigenvalue weighted by molar-refractivity contribution is -0.121. The average molecular weight is 250 g/mol. The van der Waals surface area contributed by atoms with Crippen molar-refractivity contribution < 1.29 is 9.53 Å². The summed E-state index contributed by atoms with van der Waals surface area (Å²) in [5.41, 5.74) is 1.21. The molecule has 0 aliphatic rings. The lowest BCUT2D eigenvalue weighted by Gasteiger charge is -2.08. The summed E-state index contributed by atoms with van der Waals surface area (Å²) < 4.78 is 5.51. The second-order valence-corrected chi connectivity index (χ2v) is 4.22. The number of nitrogens with one attached hydrogen (secondary N) is 2. The zero-order valence-electron chi connectivity index (χ0n) is 11.2. The van der Waals surface area contributed by atoms with Gasteiger partial charge in [0.25, 0.3) is 0 Å². The second-order valence-electron chi connectivity index (χ2n) is 4.22. The number of hydrogen-bond donors (Lipinski definition) is 2. The van der Waals surface area contributed by atoms with Gasteiger partial charge in [-0.2, -0.15) is 0 Å². The molecule has 0 aromatic heterocycles. The first-order valence-corrected chi connectivity index (χ1v) is 6.33. The predicted octanol–water partition coefficient (Wildman–Crippen LogP) is 1.49. The SMILES string of the molecule is CNCCCC(=O)NCCOc1ccc(C)cc1. The Morgan fingerprint density at radius 2 is 1.94 bits per heavy atom. The largest absolute Gasteiger partial charge is 0.492 e. The molecule has 0 aliphatic heterocycles. The lowest BCUT2D eigenvalue weighted by Crippen LogP contribution is -2.28. The van der Waals surface area contributed by atoms with E-state index in [1.807, 2.05) is 38.2 Å². The number of rotatable bonds is 8. The minimum atomic E-state index is 0.0813. The van der Waals surface area contributed by atoms with Crippen LogP contribution in [0.4, 0.5) is 0 Å². The van der Waals surface area contributed by atoms with Crippen LogP contribution in [-0.2, 0) is 4.79 Å². The van der Waals surface area contributed by atoms with Crippen LogP contribution >= 0.6 is 0 Å². The number of carbonyl (C=O) groups is 1. The van der Waals surface area contributed by atoms with Crippen LogP contribution in [0, 0.1) is 6.92 Å². The Balaban J connectivity index is 2.07. The van der Waals surface area contributed by atoms with Gasteiger partial charge in [-0.15, -0.1) is 0 Å². The second kappa shape index (κ2) is 8.53. The van der Waals surface area contributed by atoms with Gasteiger partial charge < -0.3 is 15.4 Å². The summed E-state index contributed by atoms with van der Waals surface area (Å²) in [6.45, 7) is 3.95. The molecule has 2 N–H and O–H groups in total. The van der Waals surface area contributed by atoms with Gasteiger partial charge in [-0.25, -0.2) is 0 Å². The minimum Gasteiger partial charge on any atom is -0.492 e. The number of ether oxygens (including phenoxy) is 1. The molecule has 4 nitrogen and oxygen atoms in total. The van der Waals surface area contributed by atoms with E-state index in [1.54, 1.807) is 0 Å². The van der Waals surface area contributed by atoms with Crippen LogP contribution in [0.3, 0.4) is 0 Å². The molecule has 1 rings (SSSR count). The van der Waals surface area contributed by atoms with Crippen LogP contribution in [0.2, 0.25) is 0 Å². The Bertz CT molecular complexity index is 349. The molecular weight excluding hydrogens is 228 g/mol. The monoisotopic (exact) mass is 250 g/mol. The zero-order valence-corrected chi connectivity index (χ0v) is 11.2. The summed E-state index contributed by atoms with van der Waals surface area (Å²) >= 11 is 0. The van der Waals surface area contributed by atoms with Gasteiger partial charge in [0.05, 0.1) is 6.54 Å². The standard InChI is InChI=1S/C14H22N2O2/c1-12-5-7-13(8-6-12)18-11-10-16-14(17)4-3-9-15-2/h5-8,15H,3-4,9-11H2,1-2H3,(H,16,17). The van der Waals surface area contributed by atoms with E-state index < -0.39 is 0 Å². The highest BCUT2D eigenvalue weighted by molar-refractivity contribution is 5.75. The summed E-state index contributed by atoms with van der Waals surface area (Å²) in [5.74, 6) is 0.919. The summed E-state index contributed by atoms with van der Waals surface area (Å²) in [4.78, 5) is 11.4. The fraction of sp³-hybridized carbons (Fsp3) is 0.500. The molecule has 100 valence electrons. The van der Waals surface area contributed by atoms with Crippen molar-refractivity contribution in [2.24, 2.45) is 0 Å². The summed E-state index contributed by atoms with van der Waals surface area (Å²) in [7, 11) is 1.88. The Kier molecular flexibility index (Phi) is 6.87. The third-order valence-electron chi connectivity index (χ3n) is 2.54. The van der Waals surface area contributed by atoms with Crippen LogP contribution in [0.5, 0.6) is 5.75 Å². The molecule has 18 heavy (non-hydrogen) atoms. The van der Waals surface area contributed by atoms with Crippen molar-refractivity contribution >= 4 is 5.91 Å². The molecule has 4 heteroatoms. The van der Waals surface area contributed by atoms with Crippen LogP contribution in [0.15, 0.2) is 24.3 Å². The molecule has 0 saturated heterocycles. The molecule has 1 amide bonds. The third-order valence-corrected chi connectivity index (χ3v) is 2.54. The first-order valence-electron chi connectivity index (χ1n) is 6.33. The number of hydrogen-bond acceptors (Lipinski definition) is 3. The van der Waals surface area contributed by atoms with Crippen molar-refractivity contribution in [2.75, 3.05) is 26.7 Å². The van der Waals surface area contributed by atoms with Gasteiger partial charge in [-0.05, 0) is 39.1 Å². The van der Waals surface area contributed by atoms with Gasteiger partial charge in [0.2, 0.25) is 5.91 Å².